The van der Waals surface area contributed by atoms with Crippen molar-refractivity contribution in [3.8, 4) is 0 Å². The second-order valence-corrected chi connectivity index (χ2v) is 19.0. The number of phosphoric ester groups is 1. The molecule has 8 atom stereocenters. The highest BCUT2D eigenvalue weighted by Crippen LogP contribution is 2.43. The van der Waals surface area contributed by atoms with E-state index >= 15 is 0 Å². The van der Waals surface area contributed by atoms with Gasteiger partial charge in [-0.1, -0.05) is 161 Å². The predicted octanol–water partition coefficient (Wildman–Crippen LogP) is 9.19. The molecular weight excluding hydrogens is 803 g/mol. The molecule has 0 radical (unpaired) electrons. The first-order valence-corrected chi connectivity index (χ1v) is 25.4. The number of phosphoric acid groups is 1. The number of aliphatic hydroxyl groups excluding tert-OH is 5. The van der Waals surface area contributed by atoms with Crippen molar-refractivity contribution >= 4 is 19.8 Å². The molecule has 0 aliphatic heterocycles. The number of hydrogen-bond acceptors (Lipinski definition) is 12. The molecule has 1 fully saturated rings. The molecule has 14 heteroatoms. The zero-order valence-electron chi connectivity index (χ0n) is 38.1. The highest BCUT2D eigenvalue weighted by Gasteiger charge is 2.39. The van der Waals surface area contributed by atoms with Gasteiger partial charge in [-0.3, -0.25) is 18.6 Å². The van der Waals surface area contributed by atoms with Crippen LogP contribution in [0, 0.1) is 17.8 Å². The Kier molecular flexibility index (Phi) is 34.5. The third-order valence-corrected chi connectivity index (χ3v) is 12.3. The number of carbonyl (C=O) groups is 2. The molecule has 1 aliphatic rings. The summed E-state index contributed by atoms with van der Waals surface area (Å²) in [7, 11) is -4.69. The van der Waals surface area contributed by atoms with E-state index in [1.807, 2.05) is 18.2 Å². The van der Waals surface area contributed by atoms with Crippen molar-refractivity contribution in [2.75, 3.05) is 26.4 Å². The fourth-order valence-electron chi connectivity index (χ4n) is 7.58. The van der Waals surface area contributed by atoms with Gasteiger partial charge in [0.15, 0.2) is 6.10 Å². The normalized spacial score (nSPS) is 20.7. The molecule has 1 unspecified atom stereocenters. The van der Waals surface area contributed by atoms with Crippen LogP contribution in [0.1, 0.15) is 188 Å². The van der Waals surface area contributed by atoms with Gasteiger partial charge in [0.25, 0.3) is 0 Å². The average Bonchev–Trinajstić information content (AvgIpc) is 3.49. The first kappa shape index (κ1) is 57.3. The lowest BCUT2D eigenvalue weighted by Gasteiger charge is -2.20. The quantitative estimate of drug-likeness (QED) is 0.0147. The van der Waals surface area contributed by atoms with E-state index in [0.717, 1.165) is 44.4 Å². The summed E-state index contributed by atoms with van der Waals surface area (Å²) >= 11 is 0. The standard InChI is InChI=1S/C47H87O13P/c1-4-5-21-27-39(49)31-32-43-42(44(51)33-45(43)52)28-23-19-20-25-30-47(54)60-41(37-59-61(55,56)58-35-40(50)34-48)36-57-46(53)29-24-18-16-14-12-10-8-6-7-9-11-13-15-17-22-26-38(2)3/h19,23,31-32,38-45,48-52H,4-18,20-22,24-30,33-37H2,1-3H3,(H,55,56)/b23-19+,32-31+/t39-,40-,41+,42+,43+,44-,45+/m0/s1. The molecule has 6 N–H and O–H groups in total. The minimum absolute atomic E-state index is 0.00952. The van der Waals surface area contributed by atoms with Gasteiger partial charge < -0.3 is 39.9 Å². The molecule has 61 heavy (non-hydrogen) atoms. The van der Waals surface area contributed by atoms with Gasteiger partial charge in [-0.25, -0.2) is 4.57 Å². The lowest BCUT2D eigenvalue weighted by Crippen LogP contribution is -2.29. The molecule has 1 saturated carbocycles. The number of allylic oxidation sites excluding steroid dienone is 2. The van der Waals surface area contributed by atoms with E-state index in [2.05, 4.69) is 25.3 Å². The Morgan fingerprint density at radius 2 is 1.26 bits per heavy atom. The minimum Gasteiger partial charge on any atom is -0.462 e. The maximum atomic E-state index is 12.7. The van der Waals surface area contributed by atoms with Gasteiger partial charge in [0.1, 0.15) is 12.7 Å². The predicted molar refractivity (Wildman–Crippen MR) is 239 cm³/mol. The molecule has 1 aliphatic carbocycles. The first-order valence-electron chi connectivity index (χ1n) is 23.9. The zero-order valence-corrected chi connectivity index (χ0v) is 39.0. The number of hydrogen-bond donors (Lipinski definition) is 6. The van der Waals surface area contributed by atoms with Crippen LogP contribution in [0.15, 0.2) is 24.3 Å². The molecule has 0 heterocycles. The Bertz CT molecular complexity index is 1200. The number of aliphatic hydroxyl groups is 5. The Morgan fingerprint density at radius 1 is 0.705 bits per heavy atom. The van der Waals surface area contributed by atoms with Crippen LogP contribution in [-0.2, 0) is 32.7 Å². The highest BCUT2D eigenvalue weighted by atomic mass is 31.2. The maximum absolute atomic E-state index is 12.7. The molecule has 0 spiro atoms. The van der Waals surface area contributed by atoms with Crippen molar-refractivity contribution in [2.45, 2.75) is 218 Å². The van der Waals surface area contributed by atoms with Gasteiger partial charge in [0.2, 0.25) is 0 Å². The first-order chi connectivity index (χ1) is 29.3. The van der Waals surface area contributed by atoms with E-state index in [-0.39, 0.29) is 37.7 Å². The second-order valence-electron chi connectivity index (χ2n) is 17.6. The molecule has 0 bridgehead atoms. The van der Waals surface area contributed by atoms with Crippen LogP contribution in [0.4, 0.5) is 0 Å². The Labute approximate surface area is 368 Å². The van der Waals surface area contributed by atoms with Crippen molar-refractivity contribution in [1.82, 2.24) is 0 Å². The van der Waals surface area contributed by atoms with Crippen molar-refractivity contribution in [3.05, 3.63) is 24.3 Å². The van der Waals surface area contributed by atoms with Crippen LogP contribution < -0.4 is 0 Å². The molecule has 0 aromatic carbocycles. The van der Waals surface area contributed by atoms with E-state index in [1.54, 1.807) is 6.08 Å². The number of ether oxygens (including phenoxy) is 2. The van der Waals surface area contributed by atoms with Crippen LogP contribution in [0.25, 0.3) is 0 Å². The van der Waals surface area contributed by atoms with Crippen molar-refractivity contribution < 1.29 is 63.1 Å². The summed E-state index contributed by atoms with van der Waals surface area (Å²) in [6, 6.07) is 0. The molecule has 1 rings (SSSR count). The lowest BCUT2D eigenvalue weighted by molar-refractivity contribution is -0.161. The third kappa shape index (κ3) is 31.8. The molecule has 358 valence electrons. The maximum Gasteiger partial charge on any atom is 0.472 e. The van der Waals surface area contributed by atoms with Gasteiger partial charge in [-0.15, -0.1) is 0 Å². The Balaban J connectivity index is 2.41. The van der Waals surface area contributed by atoms with E-state index < -0.39 is 70.1 Å². The molecule has 13 nitrogen and oxygen atoms in total. The molecular formula is C47H87O13P. The van der Waals surface area contributed by atoms with Gasteiger partial charge in [0, 0.05) is 25.2 Å². The molecule has 0 aromatic rings. The van der Waals surface area contributed by atoms with Gasteiger partial charge >= 0.3 is 19.8 Å². The molecule has 0 amide bonds. The van der Waals surface area contributed by atoms with Crippen molar-refractivity contribution in [2.24, 2.45) is 17.8 Å². The van der Waals surface area contributed by atoms with Crippen molar-refractivity contribution in [1.29, 1.82) is 0 Å². The topological polar surface area (TPSA) is 210 Å². The largest absolute Gasteiger partial charge is 0.472 e. The smallest absolute Gasteiger partial charge is 0.462 e. The fraction of sp³-hybridized carbons (Fsp3) is 0.872. The summed E-state index contributed by atoms with van der Waals surface area (Å²) < 4.78 is 32.8. The summed E-state index contributed by atoms with van der Waals surface area (Å²) in [4.78, 5) is 35.3. The number of rotatable bonds is 40. The van der Waals surface area contributed by atoms with Gasteiger partial charge in [0.05, 0.1) is 38.1 Å². The zero-order chi connectivity index (χ0) is 45.1. The van der Waals surface area contributed by atoms with Gasteiger partial charge in [-0.05, 0) is 43.9 Å². The minimum atomic E-state index is -4.69. The monoisotopic (exact) mass is 891 g/mol. The van der Waals surface area contributed by atoms with Crippen LogP contribution >= 0.6 is 7.82 Å². The molecule has 0 saturated heterocycles. The SMILES string of the molecule is CCCCC[C@H](O)/C=C/[C@@H]1[C@@H](C/C=C/CCCC(=O)O[C@H](COC(=O)CCCCCCCCCCCCCCCCCC(C)C)COP(=O)(O)OC[C@@H](O)CO)[C@@H](O)C[C@H]1O. The van der Waals surface area contributed by atoms with Crippen LogP contribution in [0.2, 0.25) is 0 Å². The Hall–Kier alpha value is -1.67. The summed E-state index contributed by atoms with van der Waals surface area (Å²) in [5.74, 6) is -0.751. The van der Waals surface area contributed by atoms with E-state index in [0.29, 0.717) is 32.1 Å². The highest BCUT2D eigenvalue weighted by molar-refractivity contribution is 7.47. The summed E-state index contributed by atoms with van der Waals surface area (Å²) in [5.41, 5.74) is 0. The summed E-state index contributed by atoms with van der Waals surface area (Å²) in [6.45, 7) is 4.36. The number of unbranched alkanes of at least 4 members (excludes halogenated alkanes) is 17. The second kappa shape index (κ2) is 36.6. The number of carbonyl (C=O) groups excluding carboxylic acids is 2. The van der Waals surface area contributed by atoms with E-state index in [1.165, 1.54) is 77.0 Å². The number of esters is 2. The van der Waals surface area contributed by atoms with E-state index in [4.69, 9.17) is 19.1 Å². The summed E-state index contributed by atoms with van der Waals surface area (Å²) in [6.07, 6.45) is 28.1. The third-order valence-electron chi connectivity index (χ3n) is 11.4. The van der Waals surface area contributed by atoms with Crippen LogP contribution in [0.5, 0.6) is 0 Å². The fourth-order valence-corrected chi connectivity index (χ4v) is 8.37. The lowest BCUT2D eigenvalue weighted by atomic mass is 9.89. The molecule has 0 aromatic heterocycles. The van der Waals surface area contributed by atoms with Crippen LogP contribution in [-0.4, -0.2) is 99.3 Å². The Morgan fingerprint density at radius 3 is 1.85 bits per heavy atom. The van der Waals surface area contributed by atoms with Gasteiger partial charge in [-0.2, -0.15) is 0 Å². The van der Waals surface area contributed by atoms with E-state index in [9.17, 15) is 39.5 Å². The average molecular weight is 891 g/mol. The van der Waals surface area contributed by atoms with Crippen molar-refractivity contribution in [3.63, 3.8) is 0 Å². The summed E-state index contributed by atoms with van der Waals surface area (Å²) in [5, 5.41) is 49.7. The van der Waals surface area contributed by atoms with Crippen LogP contribution in [0.3, 0.4) is 0 Å².